The number of ether oxygens (including phenoxy) is 14. The molecule has 0 aliphatic carbocycles. The molecule has 0 aromatic heterocycles. The van der Waals surface area contributed by atoms with Crippen LogP contribution in [0.3, 0.4) is 0 Å². The van der Waals surface area contributed by atoms with E-state index >= 15 is 0 Å². The van der Waals surface area contributed by atoms with E-state index in [4.69, 9.17) is 70.5 Å². The Balaban J connectivity index is 1.02. The Morgan fingerprint density at radius 3 is 0.678 bits per heavy atom. The molecule has 38 heteroatoms. The van der Waals surface area contributed by atoms with Crippen molar-refractivity contribution in [2.24, 2.45) is 0 Å². The molecule has 21 saturated heterocycles. The number of hydrogen-bond acceptors (Lipinski definition) is 37. The van der Waals surface area contributed by atoms with Crippen molar-refractivity contribution in [3.05, 3.63) is 29.8 Å². The molecule has 21 heterocycles. The van der Waals surface area contributed by atoms with E-state index in [-0.39, 0.29) is 4.90 Å². The molecule has 37 nitrogen and oxygen atoms in total. The maximum atomic E-state index is 13.5. The standard InChI is InChI=1S/C49H76O37S/c1-13-2-4-14(5-3-13)87(70,71)72-12-21-42-28(62)35(69)49(79-21)85-41-20(11-55)77-47(33(67)26(41)60)83-39-18(9-53)75-45(31(65)24(39)58)81-37-16(7-51)73-43(29(63)22(37)56)80-36-15(6-50)74-44(30(64)23(36)57)82-38-17(8-52)76-46(32(66)25(38)59)84-40-19(10-54)78-48(86-42)34(68)27(40)61/h2-5,15-69H,6-12H2,1H3/t15-,16-,17-,18-,19-,20-,21-,22-,23-,24-,25-,26-,27-,28-,29-,30-,31-,32-,33-,34-,35-,36-,37-,38-,39-,40-,41-,42-,43-,44-,45-,46-,47-,48-,49-/m1/s1. The van der Waals surface area contributed by atoms with Crippen LogP contribution in [0.2, 0.25) is 0 Å². The van der Waals surface area contributed by atoms with Crippen LogP contribution in [0.25, 0.3) is 0 Å². The Bertz CT molecular complexity index is 2420. The van der Waals surface area contributed by atoms with Gasteiger partial charge in [-0.1, -0.05) is 17.7 Å². The van der Waals surface area contributed by atoms with E-state index < -0.39 is 271 Å². The zero-order valence-electron chi connectivity index (χ0n) is 45.8. The predicted molar refractivity (Wildman–Crippen MR) is 266 cm³/mol. The summed E-state index contributed by atoms with van der Waals surface area (Å²) in [6, 6.07) is 5.26. The van der Waals surface area contributed by atoms with Crippen molar-refractivity contribution in [2.75, 3.05) is 46.2 Å². The van der Waals surface area contributed by atoms with E-state index in [1.165, 1.54) is 24.3 Å². The smallest absolute Gasteiger partial charge is 0.297 e. The number of aryl methyl sites for hydroxylation is 1. The minimum Gasteiger partial charge on any atom is -0.394 e. The molecule has 0 unspecified atom stereocenters. The van der Waals surface area contributed by atoms with Crippen molar-refractivity contribution in [2.45, 2.75) is 227 Å². The van der Waals surface area contributed by atoms with E-state index in [0.29, 0.717) is 5.56 Å². The van der Waals surface area contributed by atoms with Crippen LogP contribution in [0, 0.1) is 6.92 Å². The minimum absolute atomic E-state index is 0.376. The number of benzene rings is 1. The highest BCUT2D eigenvalue weighted by Crippen LogP contribution is 2.39. The molecule has 21 aliphatic heterocycles. The number of aliphatic hydroxyl groups is 20. The van der Waals surface area contributed by atoms with Gasteiger partial charge in [-0.3, -0.25) is 4.18 Å². The van der Waals surface area contributed by atoms with Gasteiger partial charge in [-0.25, -0.2) is 0 Å². The quantitative estimate of drug-likeness (QED) is 0.0967. The van der Waals surface area contributed by atoms with Gasteiger partial charge < -0.3 is 168 Å². The lowest BCUT2D eigenvalue weighted by Gasteiger charge is -2.50. The molecule has 87 heavy (non-hydrogen) atoms. The average Bonchev–Trinajstić information content (AvgIpc) is 1.18. The first-order valence-corrected chi connectivity index (χ1v) is 29.0. The largest absolute Gasteiger partial charge is 0.394 e. The Kier molecular flexibility index (Phi) is 23.0. The second-order valence-corrected chi connectivity index (χ2v) is 23.6. The summed E-state index contributed by atoms with van der Waals surface area (Å²) in [6.07, 6.45) is -72.9. The fraction of sp³-hybridized carbons (Fsp3) is 0.878. The lowest BCUT2D eigenvalue weighted by molar-refractivity contribution is -0.396. The molecule has 0 saturated carbocycles. The second-order valence-electron chi connectivity index (χ2n) is 22.0. The van der Waals surface area contributed by atoms with Gasteiger partial charge in [0.2, 0.25) is 0 Å². The summed E-state index contributed by atoms with van der Waals surface area (Å²) in [6.45, 7) is -6.01. The molecule has 20 N–H and O–H groups in total. The van der Waals surface area contributed by atoms with Crippen molar-refractivity contribution in [1.82, 2.24) is 0 Å². The zero-order chi connectivity index (χ0) is 63.2. The van der Waals surface area contributed by atoms with Crippen molar-refractivity contribution in [3.8, 4) is 0 Å². The topological polar surface area (TPSA) is 577 Å². The van der Waals surface area contributed by atoms with Crippen LogP contribution in [0.5, 0.6) is 0 Å². The fourth-order valence-electron chi connectivity index (χ4n) is 11.3. The van der Waals surface area contributed by atoms with Gasteiger partial charge in [0.25, 0.3) is 10.1 Å². The van der Waals surface area contributed by atoms with E-state index in [2.05, 4.69) is 0 Å². The lowest BCUT2D eigenvalue weighted by atomic mass is 9.95. The molecule has 1 aromatic carbocycles. The van der Waals surface area contributed by atoms with Gasteiger partial charge >= 0.3 is 0 Å². The summed E-state index contributed by atoms with van der Waals surface area (Å²) in [5, 5.41) is 223. The summed E-state index contributed by atoms with van der Waals surface area (Å²) >= 11 is 0. The highest BCUT2D eigenvalue weighted by molar-refractivity contribution is 7.86. The highest BCUT2D eigenvalue weighted by atomic mass is 32.2. The molecule has 22 rings (SSSR count). The molecule has 0 spiro atoms. The Morgan fingerprint density at radius 2 is 0.483 bits per heavy atom. The molecular weight excluding hydrogens is 1210 g/mol. The SMILES string of the molecule is Cc1ccc(S(=O)(=O)OC[C@H]2O[C@@H]3O[C@H]4[C@H](O)[C@@H](O)[C@@H](O[C@H]5[C@H](O)[C@@H](O)[C@@H](O[C@H]6[C@H](O)[C@@H](O)[C@@H](O[C@H]7[C@H](O)[C@@H](O)[C@@H](O[C@H]8[C@H](O)[C@@H](O)[C@@H](O[C@H]9[C@H](O)[C@@H](O)[C@@H](O[C@H]2[C@H](O)[C@H]3O)O[C@@H]9CO)O[C@@H]8CO)O[C@@H]7CO)O[C@@H]6CO)O[C@@H]5CO)O[C@@H]4CO)cc1. The molecule has 14 bridgehead atoms. The van der Waals surface area contributed by atoms with Crippen molar-refractivity contribution in [3.63, 3.8) is 0 Å². The normalized spacial score (nSPS) is 50.5. The number of aliphatic hydroxyl groups excluding tert-OH is 20. The van der Waals surface area contributed by atoms with Gasteiger partial charge in [0.1, 0.15) is 171 Å². The van der Waals surface area contributed by atoms with E-state index in [0.717, 1.165) is 0 Å². The zero-order valence-corrected chi connectivity index (χ0v) is 46.6. The average molecular weight is 1290 g/mol. The van der Waals surface area contributed by atoms with Gasteiger partial charge in [0.15, 0.2) is 44.0 Å². The molecule has 21 fully saturated rings. The van der Waals surface area contributed by atoms with Gasteiger partial charge in [-0.2, -0.15) is 8.42 Å². The number of hydrogen-bond donors (Lipinski definition) is 20. The lowest BCUT2D eigenvalue weighted by Crippen LogP contribution is -2.68. The number of rotatable bonds is 10. The van der Waals surface area contributed by atoms with Crippen LogP contribution in [0.15, 0.2) is 29.2 Å². The fourth-order valence-corrected chi connectivity index (χ4v) is 12.3. The Labute approximate surface area is 492 Å². The third-order valence-corrected chi connectivity index (χ3v) is 17.6. The first-order chi connectivity index (χ1) is 41.3. The van der Waals surface area contributed by atoms with E-state index in [1.807, 2.05) is 0 Å². The third-order valence-electron chi connectivity index (χ3n) is 16.3. The maximum absolute atomic E-state index is 13.5. The molecule has 35 atom stereocenters. The van der Waals surface area contributed by atoms with Crippen molar-refractivity contribution in [1.29, 1.82) is 0 Å². The summed E-state index contributed by atoms with van der Waals surface area (Å²) in [5.41, 5.74) is 0.657. The van der Waals surface area contributed by atoms with Crippen LogP contribution in [0.1, 0.15) is 5.56 Å². The first kappa shape index (κ1) is 69.1. The molecule has 21 aliphatic rings. The second kappa shape index (κ2) is 29.0. The van der Waals surface area contributed by atoms with Crippen LogP contribution >= 0.6 is 0 Å². The van der Waals surface area contributed by atoms with Crippen LogP contribution in [0.4, 0.5) is 0 Å². The Morgan fingerprint density at radius 1 is 0.299 bits per heavy atom. The first-order valence-electron chi connectivity index (χ1n) is 27.6. The van der Waals surface area contributed by atoms with Gasteiger partial charge in [0.05, 0.1) is 51.1 Å². The summed E-state index contributed by atoms with van der Waals surface area (Å²) in [7, 11) is -4.72. The van der Waals surface area contributed by atoms with Gasteiger partial charge in [0, 0.05) is 0 Å². The van der Waals surface area contributed by atoms with Gasteiger partial charge in [-0.15, -0.1) is 0 Å². The van der Waals surface area contributed by atoms with E-state index in [1.54, 1.807) is 6.92 Å². The van der Waals surface area contributed by atoms with Crippen molar-refractivity contribution < 1.29 is 181 Å². The minimum atomic E-state index is -4.72. The molecule has 0 amide bonds. The third kappa shape index (κ3) is 14.0. The molecule has 500 valence electrons. The predicted octanol–water partition coefficient (Wildman–Crippen LogP) is -13.5. The molecule has 0 radical (unpaired) electrons. The summed E-state index contributed by atoms with van der Waals surface area (Å²) < 4.78 is 113. The summed E-state index contributed by atoms with van der Waals surface area (Å²) in [5.74, 6) is 0. The molecular formula is C49H76O37S. The monoisotopic (exact) mass is 1290 g/mol. The van der Waals surface area contributed by atoms with Crippen LogP contribution in [-0.2, 0) is 80.6 Å². The Hall–Kier alpha value is -2.23. The van der Waals surface area contributed by atoms with E-state index in [9.17, 15) is 111 Å². The van der Waals surface area contributed by atoms with Crippen LogP contribution in [-0.4, -0.2) is 372 Å². The molecule has 1 aromatic rings. The van der Waals surface area contributed by atoms with Crippen LogP contribution < -0.4 is 0 Å². The summed E-state index contributed by atoms with van der Waals surface area (Å²) in [4.78, 5) is -0.376. The maximum Gasteiger partial charge on any atom is 0.297 e. The highest BCUT2D eigenvalue weighted by Gasteiger charge is 2.60. The van der Waals surface area contributed by atoms with Crippen molar-refractivity contribution >= 4 is 10.1 Å². The van der Waals surface area contributed by atoms with Gasteiger partial charge in [-0.05, 0) is 19.1 Å².